The van der Waals surface area contributed by atoms with Crippen molar-refractivity contribution in [3.63, 3.8) is 0 Å². The molecule has 2 aromatic carbocycles. The maximum atomic E-state index is 13.3. The van der Waals surface area contributed by atoms with E-state index in [4.69, 9.17) is 26.4 Å². The topological polar surface area (TPSA) is 80.9 Å². The first-order valence-electron chi connectivity index (χ1n) is 8.93. The lowest BCUT2D eigenvalue weighted by molar-refractivity contribution is -0.113. The van der Waals surface area contributed by atoms with E-state index in [-0.39, 0.29) is 5.91 Å². The summed E-state index contributed by atoms with van der Waals surface area (Å²) >= 11 is 5.33. The Morgan fingerprint density at radius 2 is 1.76 bits per heavy atom. The molecule has 2 aromatic rings. The molecule has 29 heavy (non-hydrogen) atoms. The first-order chi connectivity index (χ1) is 14.0. The number of hydrogen-bond acceptors (Lipinski definition) is 5. The van der Waals surface area contributed by atoms with Gasteiger partial charge in [0.15, 0.2) is 5.11 Å². The van der Waals surface area contributed by atoms with Gasteiger partial charge in [-0.2, -0.15) is 0 Å². The zero-order valence-electron chi connectivity index (χ0n) is 16.7. The van der Waals surface area contributed by atoms with Gasteiger partial charge in [-0.1, -0.05) is 12.1 Å². The Hall–Kier alpha value is -3.26. The van der Waals surface area contributed by atoms with Crippen molar-refractivity contribution >= 4 is 28.9 Å². The predicted molar refractivity (Wildman–Crippen MR) is 115 cm³/mol. The van der Waals surface area contributed by atoms with E-state index in [0.29, 0.717) is 39.3 Å². The van der Waals surface area contributed by atoms with Gasteiger partial charge < -0.3 is 30.2 Å². The van der Waals surface area contributed by atoms with Gasteiger partial charge in [0.25, 0.3) is 5.91 Å². The van der Waals surface area contributed by atoms with Crippen LogP contribution in [0.15, 0.2) is 53.7 Å². The molecular formula is C21H23N3O4S. The second-order valence-corrected chi connectivity index (χ2v) is 6.74. The largest absolute Gasteiger partial charge is 0.497 e. The molecule has 7 nitrogen and oxygen atoms in total. The highest BCUT2D eigenvalue weighted by Crippen LogP contribution is 2.36. The van der Waals surface area contributed by atoms with E-state index in [1.807, 2.05) is 25.1 Å². The third-order valence-electron chi connectivity index (χ3n) is 4.62. The van der Waals surface area contributed by atoms with Crippen LogP contribution in [0.25, 0.3) is 0 Å². The van der Waals surface area contributed by atoms with Crippen molar-refractivity contribution in [3.8, 4) is 17.2 Å². The summed E-state index contributed by atoms with van der Waals surface area (Å²) in [7, 11) is 4.72. The van der Waals surface area contributed by atoms with Crippen molar-refractivity contribution in [2.75, 3.05) is 26.6 Å². The van der Waals surface area contributed by atoms with Gasteiger partial charge in [-0.05, 0) is 49.5 Å². The molecule has 0 aromatic heterocycles. The molecule has 1 heterocycles. The number of ether oxygens (including phenoxy) is 3. The Kier molecular flexibility index (Phi) is 6.23. The Labute approximate surface area is 175 Å². The Balaban J connectivity index is 2.04. The van der Waals surface area contributed by atoms with Gasteiger partial charge in [0.1, 0.15) is 17.2 Å². The summed E-state index contributed by atoms with van der Waals surface area (Å²) in [4.78, 5) is 13.3. The zero-order chi connectivity index (χ0) is 21.0. The van der Waals surface area contributed by atoms with Crippen LogP contribution in [-0.4, -0.2) is 32.3 Å². The van der Waals surface area contributed by atoms with Gasteiger partial charge in [0.05, 0.1) is 38.6 Å². The van der Waals surface area contributed by atoms with E-state index in [0.717, 1.165) is 5.56 Å². The molecule has 152 valence electrons. The number of allylic oxidation sites excluding steroid dienone is 1. The summed E-state index contributed by atoms with van der Waals surface area (Å²) < 4.78 is 16.2. The quantitative estimate of drug-likeness (QED) is 0.628. The van der Waals surface area contributed by atoms with Crippen LogP contribution < -0.4 is 30.2 Å². The molecular weight excluding hydrogens is 390 g/mol. The van der Waals surface area contributed by atoms with Gasteiger partial charge in [0, 0.05) is 11.3 Å². The van der Waals surface area contributed by atoms with Gasteiger partial charge in [-0.3, -0.25) is 4.79 Å². The fourth-order valence-corrected chi connectivity index (χ4v) is 3.50. The minimum Gasteiger partial charge on any atom is -0.497 e. The third-order valence-corrected chi connectivity index (χ3v) is 4.84. The Morgan fingerprint density at radius 3 is 2.45 bits per heavy atom. The van der Waals surface area contributed by atoms with Crippen molar-refractivity contribution in [2.45, 2.75) is 13.0 Å². The normalized spacial score (nSPS) is 15.9. The zero-order valence-corrected chi connectivity index (χ0v) is 17.5. The van der Waals surface area contributed by atoms with E-state index >= 15 is 0 Å². The number of carbonyl (C=O) groups is 1. The number of methoxy groups -OCH3 is 3. The molecule has 3 rings (SSSR count). The SMILES string of the molecule is COc1ccc(OC)c([C@H]2NC(=S)NC(C)=C2C(=O)Nc2ccccc2OC)c1. The van der Waals surface area contributed by atoms with E-state index in [1.54, 1.807) is 45.6 Å². The van der Waals surface area contributed by atoms with E-state index in [2.05, 4.69) is 16.0 Å². The van der Waals surface area contributed by atoms with Crippen molar-refractivity contribution in [2.24, 2.45) is 0 Å². The fourth-order valence-electron chi connectivity index (χ4n) is 3.23. The monoisotopic (exact) mass is 413 g/mol. The highest BCUT2D eigenvalue weighted by molar-refractivity contribution is 7.80. The summed E-state index contributed by atoms with van der Waals surface area (Å²) in [6.07, 6.45) is 0. The van der Waals surface area contributed by atoms with Crippen LogP contribution in [-0.2, 0) is 4.79 Å². The molecule has 0 saturated heterocycles. The number of rotatable bonds is 6. The summed E-state index contributed by atoms with van der Waals surface area (Å²) in [5.74, 6) is 1.55. The van der Waals surface area contributed by atoms with Crippen LogP contribution in [0.5, 0.6) is 17.2 Å². The van der Waals surface area contributed by atoms with Gasteiger partial charge >= 0.3 is 0 Å². The van der Waals surface area contributed by atoms with Crippen molar-refractivity contribution in [3.05, 3.63) is 59.3 Å². The summed E-state index contributed by atoms with van der Waals surface area (Å²) in [5.41, 5.74) is 2.44. The number of thiocarbonyl (C=S) groups is 1. The molecule has 8 heteroatoms. The molecule has 1 amide bonds. The minimum atomic E-state index is -0.525. The smallest absolute Gasteiger partial charge is 0.255 e. The first-order valence-corrected chi connectivity index (χ1v) is 9.34. The van der Waals surface area contributed by atoms with Crippen molar-refractivity contribution < 1.29 is 19.0 Å². The fraction of sp³-hybridized carbons (Fsp3) is 0.238. The van der Waals surface area contributed by atoms with Gasteiger partial charge in [-0.25, -0.2) is 0 Å². The number of hydrogen-bond donors (Lipinski definition) is 3. The number of para-hydroxylation sites is 2. The second kappa shape index (κ2) is 8.83. The number of amides is 1. The van der Waals surface area contributed by atoms with E-state index in [1.165, 1.54) is 0 Å². The van der Waals surface area contributed by atoms with E-state index in [9.17, 15) is 4.79 Å². The lowest BCUT2D eigenvalue weighted by atomic mass is 9.94. The van der Waals surface area contributed by atoms with Crippen LogP contribution in [0.4, 0.5) is 5.69 Å². The maximum absolute atomic E-state index is 13.3. The van der Waals surface area contributed by atoms with Crippen LogP contribution in [0.2, 0.25) is 0 Å². The third kappa shape index (κ3) is 4.27. The lowest BCUT2D eigenvalue weighted by Crippen LogP contribution is -2.45. The average Bonchev–Trinajstić information content (AvgIpc) is 2.72. The van der Waals surface area contributed by atoms with Crippen LogP contribution in [0, 0.1) is 0 Å². The summed E-state index contributed by atoms with van der Waals surface area (Å²) in [5, 5.41) is 9.54. The lowest BCUT2D eigenvalue weighted by Gasteiger charge is -2.31. The number of carbonyl (C=O) groups excluding carboxylic acids is 1. The maximum Gasteiger partial charge on any atom is 0.255 e. The molecule has 1 atom stereocenters. The average molecular weight is 413 g/mol. The minimum absolute atomic E-state index is 0.288. The summed E-state index contributed by atoms with van der Waals surface area (Å²) in [6.45, 7) is 1.81. The molecule has 0 unspecified atom stereocenters. The van der Waals surface area contributed by atoms with Crippen LogP contribution in [0.3, 0.4) is 0 Å². The molecule has 0 bridgehead atoms. The standard InChI is InChI=1S/C21H23N3O4S/c1-12-18(20(25)23-15-7-5-6-8-17(15)28-4)19(24-21(29)22-12)14-11-13(26-2)9-10-16(14)27-3/h5-11,19H,1-4H3,(H,23,25)(H2,22,24,29)/t19-/m1/s1. The van der Waals surface area contributed by atoms with E-state index < -0.39 is 6.04 Å². The highest BCUT2D eigenvalue weighted by atomic mass is 32.1. The molecule has 3 N–H and O–H groups in total. The second-order valence-electron chi connectivity index (χ2n) is 6.33. The van der Waals surface area contributed by atoms with Crippen molar-refractivity contribution in [1.29, 1.82) is 0 Å². The molecule has 1 aliphatic heterocycles. The first kappa shape index (κ1) is 20.5. The molecule has 0 fully saturated rings. The number of anilines is 1. The molecule has 0 saturated carbocycles. The van der Waals surface area contributed by atoms with Crippen molar-refractivity contribution in [1.82, 2.24) is 10.6 Å². The van der Waals surface area contributed by atoms with Crippen LogP contribution in [0.1, 0.15) is 18.5 Å². The van der Waals surface area contributed by atoms with Crippen LogP contribution >= 0.6 is 12.2 Å². The molecule has 0 aliphatic carbocycles. The molecule has 0 spiro atoms. The Bertz CT molecular complexity index is 974. The van der Waals surface area contributed by atoms with Gasteiger partial charge in [0.2, 0.25) is 0 Å². The number of nitrogens with one attached hydrogen (secondary N) is 3. The van der Waals surface area contributed by atoms with Gasteiger partial charge in [-0.15, -0.1) is 0 Å². The number of benzene rings is 2. The summed E-state index contributed by atoms with van der Waals surface area (Å²) in [6, 6.07) is 12.1. The Morgan fingerprint density at radius 1 is 1.03 bits per heavy atom. The predicted octanol–water partition coefficient (Wildman–Crippen LogP) is 3.14. The molecule has 0 radical (unpaired) electrons. The highest BCUT2D eigenvalue weighted by Gasteiger charge is 2.32. The molecule has 1 aliphatic rings.